The van der Waals surface area contributed by atoms with Crippen LogP contribution in [0.25, 0.3) is 0 Å². The summed E-state index contributed by atoms with van der Waals surface area (Å²) in [6, 6.07) is 0.649. The Hall–Kier alpha value is 0.270. The molecule has 1 saturated heterocycles. The summed E-state index contributed by atoms with van der Waals surface area (Å²) < 4.78 is 5.18. The van der Waals surface area contributed by atoms with E-state index in [-0.39, 0.29) is 0 Å². The molecule has 1 aliphatic rings. The summed E-state index contributed by atoms with van der Waals surface area (Å²) in [4.78, 5) is 0. The Balaban J connectivity index is 2.08. The number of ether oxygens (including phenoxy) is 1. The Kier molecular flexibility index (Phi) is 3.40. The maximum Gasteiger partial charge on any atom is 0.0480 e. The van der Waals surface area contributed by atoms with Gasteiger partial charge in [0.25, 0.3) is 0 Å². The van der Waals surface area contributed by atoms with Gasteiger partial charge in [-0.25, -0.2) is 0 Å². The van der Waals surface area contributed by atoms with Gasteiger partial charge in [0.2, 0.25) is 0 Å². The minimum Gasteiger partial charge on any atom is -0.381 e. The van der Waals surface area contributed by atoms with Crippen LogP contribution in [-0.2, 0) is 4.74 Å². The number of hydrogen-bond acceptors (Lipinski definition) is 3. The highest BCUT2D eigenvalue weighted by molar-refractivity contribution is 7.80. The molecule has 0 aliphatic carbocycles. The van der Waals surface area contributed by atoms with Gasteiger partial charge in [-0.1, -0.05) is 0 Å². The van der Waals surface area contributed by atoms with Crippen molar-refractivity contribution in [2.24, 2.45) is 0 Å². The minimum absolute atomic E-state index is 0.649. The van der Waals surface area contributed by atoms with E-state index in [1.807, 2.05) is 0 Å². The number of hydrogen-bond donors (Lipinski definition) is 2. The van der Waals surface area contributed by atoms with Crippen molar-refractivity contribution in [2.75, 3.05) is 19.1 Å². The molecule has 9 heavy (non-hydrogen) atoms. The summed E-state index contributed by atoms with van der Waals surface area (Å²) in [5.41, 5.74) is 0. The van der Waals surface area contributed by atoms with E-state index in [1.165, 1.54) is 0 Å². The summed E-state index contributed by atoms with van der Waals surface area (Å²) in [5, 5.41) is 3.27. The van der Waals surface area contributed by atoms with Gasteiger partial charge in [0.1, 0.15) is 0 Å². The molecule has 3 heteroatoms. The van der Waals surface area contributed by atoms with Crippen molar-refractivity contribution in [1.29, 1.82) is 0 Å². The highest BCUT2D eigenvalue weighted by Gasteiger charge is 2.10. The predicted octanol–water partition coefficient (Wildman–Crippen LogP) is 0.642. The van der Waals surface area contributed by atoms with Gasteiger partial charge in [-0.3, -0.25) is 0 Å². The fourth-order valence-corrected chi connectivity index (χ4v) is 1.29. The lowest BCUT2D eigenvalue weighted by molar-refractivity contribution is 0.0795. The quantitative estimate of drug-likeness (QED) is 0.442. The van der Waals surface area contributed by atoms with Gasteiger partial charge >= 0.3 is 0 Å². The largest absolute Gasteiger partial charge is 0.381 e. The molecule has 0 aromatic carbocycles. The molecule has 0 atom stereocenters. The molecule has 0 bridgehead atoms. The Morgan fingerprint density at radius 3 is 2.67 bits per heavy atom. The molecular weight excluding hydrogens is 134 g/mol. The first kappa shape index (κ1) is 7.38. The molecule has 0 unspecified atom stereocenters. The molecule has 0 saturated carbocycles. The van der Waals surface area contributed by atoms with Gasteiger partial charge in [0, 0.05) is 25.1 Å². The summed E-state index contributed by atoms with van der Waals surface area (Å²) >= 11 is 4.08. The molecule has 1 N–H and O–H groups in total. The van der Waals surface area contributed by atoms with Gasteiger partial charge in [0.05, 0.1) is 0 Å². The van der Waals surface area contributed by atoms with Crippen molar-refractivity contribution < 1.29 is 4.74 Å². The van der Waals surface area contributed by atoms with Crippen LogP contribution in [0.3, 0.4) is 0 Å². The van der Waals surface area contributed by atoms with E-state index in [0.717, 1.165) is 31.9 Å². The van der Waals surface area contributed by atoms with Gasteiger partial charge < -0.3 is 10.1 Å². The smallest absolute Gasteiger partial charge is 0.0480 e. The normalized spacial score (nSPS) is 22.3. The van der Waals surface area contributed by atoms with E-state index >= 15 is 0 Å². The molecule has 0 spiro atoms. The molecule has 1 aliphatic heterocycles. The average molecular weight is 147 g/mol. The van der Waals surface area contributed by atoms with Crippen molar-refractivity contribution in [3.05, 3.63) is 0 Å². The third-order valence-corrected chi connectivity index (χ3v) is 1.78. The zero-order valence-corrected chi connectivity index (χ0v) is 6.36. The Morgan fingerprint density at radius 1 is 1.44 bits per heavy atom. The molecule has 2 nitrogen and oxygen atoms in total. The summed E-state index contributed by atoms with van der Waals surface area (Å²) in [5.74, 6) is 0.782. The van der Waals surface area contributed by atoms with Gasteiger partial charge in [0.15, 0.2) is 0 Å². The first-order valence-corrected chi connectivity index (χ1v) is 3.98. The molecule has 0 aromatic heterocycles. The molecular formula is C6H13NOS. The van der Waals surface area contributed by atoms with Gasteiger partial charge in [-0.05, 0) is 12.8 Å². The standard InChI is InChI=1S/C6H13NOS/c9-5-7-6-1-3-8-4-2-6/h6-7,9H,1-5H2. The van der Waals surface area contributed by atoms with Crippen LogP contribution >= 0.6 is 12.6 Å². The number of rotatable bonds is 2. The third-order valence-electron chi connectivity index (χ3n) is 1.60. The van der Waals surface area contributed by atoms with Crippen LogP contribution in [0.4, 0.5) is 0 Å². The van der Waals surface area contributed by atoms with Crippen LogP contribution in [0, 0.1) is 0 Å². The van der Waals surface area contributed by atoms with Crippen LogP contribution < -0.4 is 5.32 Å². The number of nitrogens with one attached hydrogen (secondary N) is 1. The van der Waals surface area contributed by atoms with E-state index in [1.54, 1.807) is 0 Å². The molecule has 1 fully saturated rings. The minimum atomic E-state index is 0.649. The molecule has 54 valence electrons. The Bertz CT molecular complexity index is 70.7. The second-order valence-corrected chi connectivity index (χ2v) is 2.57. The van der Waals surface area contributed by atoms with E-state index in [2.05, 4.69) is 17.9 Å². The van der Waals surface area contributed by atoms with E-state index in [4.69, 9.17) is 4.74 Å². The van der Waals surface area contributed by atoms with E-state index in [0.29, 0.717) is 6.04 Å². The zero-order valence-electron chi connectivity index (χ0n) is 5.47. The lowest BCUT2D eigenvalue weighted by Gasteiger charge is -2.21. The fourth-order valence-electron chi connectivity index (χ4n) is 1.03. The lowest BCUT2D eigenvalue weighted by Crippen LogP contribution is -2.33. The molecule has 0 aromatic rings. The highest BCUT2D eigenvalue weighted by atomic mass is 32.1. The van der Waals surface area contributed by atoms with Crippen LogP contribution in [-0.4, -0.2) is 25.1 Å². The van der Waals surface area contributed by atoms with Crippen molar-refractivity contribution in [2.45, 2.75) is 18.9 Å². The van der Waals surface area contributed by atoms with Crippen molar-refractivity contribution in [3.8, 4) is 0 Å². The average Bonchev–Trinajstić information content (AvgIpc) is 1.91. The Morgan fingerprint density at radius 2 is 2.11 bits per heavy atom. The van der Waals surface area contributed by atoms with E-state index in [9.17, 15) is 0 Å². The highest BCUT2D eigenvalue weighted by Crippen LogP contribution is 2.05. The van der Waals surface area contributed by atoms with Gasteiger partial charge in [-0.15, -0.1) is 0 Å². The van der Waals surface area contributed by atoms with E-state index < -0.39 is 0 Å². The first-order valence-electron chi connectivity index (χ1n) is 3.35. The summed E-state index contributed by atoms with van der Waals surface area (Å²) in [6.45, 7) is 1.82. The first-order chi connectivity index (χ1) is 4.43. The van der Waals surface area contributed by atoms with Crippen molar-refractivity contribution in [3.63, 3.8) is 0 Å². The second kappa shape index (κ2) is 4.14. The van der Waals surface area contributed by atoms with Crippen LogP contribution in [0.15, 0.2) is 0 Å². The molecule has 0 amide bonds. The number of thiol groups is 1. The van der Waals surface area contributed by atoms with Gasteiger partial charge in [-0.2, -0.15) is 12.6 Å². The van der Waals surface area contributed by atoms with Crippen molar-refractivity contribution >= 4 is 12.6 Å². The molecule has 1 heterocycles. The maximum atomic E-state index is 5.18. The fraction of sp³-hybridized carbons (Fsp3) is 1.00. The SMILES string of the molecule is SCNC1CCOCC1. The monoisotopic (exact) mass is 147 g/mol. The van der Waals surface area contributed by atoms with Crippen LogP contribution in [0.2, 0.25) is 0 Å². The van der Waals surface area contributed by atoms with Crippen molar-refractivity contribution in [1.82, 2.24) is 5.32 Å². The molecule has 0 radical (unpaired) electrons. The predicted molar refractivity (Wildman–Crippen MR) is 40.8 cm³/mol. The molecule has 1 rings (SSSR count). The summed E-state index contributed by atoms with van der Waals surface area (Å²) in [7, 11) is 0. The lowest BCUT2D eigenvalue weighted by atomic mass is 10.1. The third kappa shape index (κ3) is 2.56. The van der Waals surface area contributed by atoms with Crippen LogP contribution in [0.1, 0.15) is 12.8 Å². The zero-order chi connectivity index (χ0) is 6.53. The topological polar surface area (TPSA) is 21.3 Å². The second-order valence-electron chi connectivity index (χ2n) is 2.25. The van der Waals surface area contributed by atoms with Crippen LogP contribution in [0.5, 0.6) is 0 Å². The summed E-state index contributed by atoms with van der Waals surface area (Å²) in [6.07, 6.45) is 2.28. The Labute approximate surface area is 61.4 Å². The maximum absolute atomic E-state index is 5.18.